The molecule has 1 heterocycles. The molecule has 0 fully saturated rings. The fourth-order valence-corrected chi connectivity index (χ4v) is 4.42. The van der Waals surface area contributed by atoms with E-state index in [2.05, 4.69) is 20.8 Å². The Kier molecular flexibility index (Phi) is 8.47. The van der Waals surface area contributed by atoms with Crippen LogP contribution in [0.2, 0.25) is 5.02 Å². The van der Waals surface area contributed by atoms with Gasteiger partial charge in [0.15, 0.2) is 11.0 Å². The van der Waals surface area contributed by atoms with Crippen LogP contribution < -0.4 is 15.4 Å². The Labute approximate surface area is 224 Å². The highest BCUT2D eigenvalue weighted by molar-refractivity contribution is 7.99. The normalized spacial score (nSPS) is 10.7. The molecule has 0 radical (unpaired) electrons. The maximum absolute atomic E-state index is 12.8. The molecule has 0 saturated carbocycles. The summed E-state index contributed by atoms with van der Waals surface area (Å²) in [6.07, 6.45) is 0. The summed E-state index contributed by atoms with van der Waals surface area (Å²) in [5.41, 5.74) is 3.92. The molecule has 190 valence electrons. The molecular formula is C27H26ClN5O3S. The number of aryl methyl sites for hydroxylation is 2. The zero-order valence-electron chi connectivity index (χ0n) is 20.6. The van der Waals surface area contributed by atoms with Crippen LogP contribution in [0.4, 0.5) is 11.4 Å². The van der Waals surface area contributed by atoms with Crippen molar-refractivity contribution in [2.45, 2.75) is 32.5 Å². The maximum Gasteiger partial charge on any atom is 0.234 e. The average molecular weight is 536 g/mol. The van der Waals surface area contributed by atoms with E-state index in [0.717, 1.165) is 16.8 Å². The minimum Gasteiger partial charge on any atom is -0.486 e. The average Bonchev–Trinajstić information content (AvgIpc) is 3.28. The summed E-state index contributed by atoms with van der Waals surface area (Å²) >= 11 is 7.39. The Morgan fingerprint density at radius 1 is 0.973 bits per heavy atom. The molecule has 0 spiro atoms. The van der Waals surface area contributed by atoms with E-state index in [1.807, 2.05) is 66.9 Å². The summed E-state index contributed by atoms with van der Waals surface area (Å²) in [4.78, 5) is 24.2. The Bertz CT molecular complexity index is 1430. The van der Waals surface area contributed by atoms with Gasteiger partial charge >= 0.3 is 0 Å². The highest BCUT2D eigenvalue weighted by Gasteiger charge is 2.17. The number of hydrogen-bond acceptors (Lipinski definition) is 6. The molecule has 4 rings (SSSR count). The molecule has 1 aromatic heterocycles. The predicted molar refractivity (Wildman–Crippen MR) is 147 cm³/mol. The number of carbonyl (C=O) groups excluding carboxylic acids is 2. The van der Waals surface area contributed by atoms with Crippen LogP contribution in [0.25, 0.3) is 5.69 Å². The first-order valence-corrected chi connectivity index (χ1v) is 12.9. The molecule has 8 nitrogen and oxygen atoms in total. The number of halogens is 1. The van der Waals surface area contributed by atoms with Gasteiger partial charge in [0.2, 0.25) is 11.8 Å². The molecule has 10 heteroatoms. The summed E-state index contributed by atoms with van der Waals surface area (Å²) in [6.45, 7) is 5.43. The topological polar surface area (TPSA) is 98.1 Å². The molecule has 3 aromatic carbocycles. The van der Waals surface area contributed by atoms with Gasteiger partial charge in [-0.2, -0.15) is 0 Å². The number of benzene rings is 3. The zero-order chi connectivity index (χ0) is 26.4. The number of nitrogens with zero attached hydrogens (tertiary/aromatic N) is 3. The van der Waals surface area contributed by atoms with E-state index >= 15 is 0 Å². The minimum atomic E-state index is -0.204. The van der Waals surface area contributed by atoms with Gasteiger partial charge in [0.05, 0.1) is 5.75 Å². The van der Waals surface area contributed by atoms with Crippen LogP contribution in [0.1, 0.15) is 23.9 Å². The Hall–Kier alpha value is -3.82. The molecular weight excluding hydrogens is 510 g/mol. The van der Waals surface area contributed by atoms with E-state index < -0.39 is 0 Å². The zero-order valence-corrected chi connectivity index (χ0v) is 22.2. The molecule has 0 unspecified atom stereocenters. The van der Waals surface area contributed by atoms with E-state index in [1.54, 1.807) is 18.2 Å². The van der Waals surface area contributed by atoms with Crippen molar-refractivity contribution < 1.29 is 14.3 Å². The van der Waals surface area contributed by atoms with Crippen molar-refractivity contribution in [2.75, 3.05) is 16.4 Å². The van der Waals surface area contributed by atoms with E-state index in [4.69, 9.17) is 16.3 Å². The van der Waals surface area contributed by atoms with Crippen LogP contribution in [0, 0.1) is 13.8 Å². The number of aromatic nitrogens is 3. The first-order chi connectivity index (χ1) is 17.8. The van der Waals surface area contributed by atoms with Crippen LogP contribution in [0.5, 0.6) is 5.75 Å². The fraction of sp³-hybridized carbons (Fsp3) is 0.185. The van der Waals surface area contributed by atoms with Crippen LogP contribution >= 0.6 is 23.4 Å². The molecule has 0 saturated heterocycles. The Morgan fingerprint density at radius 2 is 1.76 bits per heavy atom. The van der Waals surface area contributed by atoms with Crippen LogP contribution in [0.3, 0.4) is 0 Å². The third-order valence-corrected chi connectivity index (χ3v) is 6.73. The van der Waals surface area contributed by atoms with E-state index in [9.17, 15) is 9.59 Å². The third-order valence-electron chi connectivity index (χ3n) is 5.38. The van der Waals surface area contributed by atoms with Gasteiger partial charge in [-0.3, -0.25) is 14.2 Å². The van der Waals surface area contributed by atoms with Crippen molar-refractivity contribution in [1.29, 1.82) is 0 Å². The maximum atomic E-state index is 12.8. The monoisotopic (exact) mass is 535 g/mol. The summed E-state index contributed by atoms with van der Waals surface area (Å²) in [7, 11) is 0. The third kappa shape index (κ3) is 6.90. The summed E-state index contributed by atoms with van der Waals surface area (Å²) in [5.74, 6) is 1.01. The standard InChI is InChI=1S/C27H26ClN5O3S/c1-17-9-10-20(29-19(3)34)14-24(17)30-26(35)16-37-27-32-31-25(33(27)21-7-5-4-6-8-21)15-36-22-11-12-23(28)18(2)13-22/h4-14H,15-16H2,1-3H3,(H,29,34)(H,30,35). The smallest absolute Gasteiger partial charge is 0.234 e. The van der Waals surface area contributed by atoms with Gasteiger partial charge in [-0.25, -0.2) is 0 Å². The highest BCUT2D eigenvalue weighted by Crippen LogP contribution is 2.26. The quantitative estimate of drug-likeness (QED) is 0.263. The number of anilines is 2. The number of rotatable bonds is 9. The Balaban J connectivity index is 1.48. The second-order valence-corrected chi connectivity index (χ2v) is 9.67. The van der Waals surface area contributed by atoms with E-state index in [1.165, 1.54) is 18.7 Å². The number of para-hydroxylation sites is 1. The highest BCUT2D eigenvalue weighted by atomic mass is 35.5. The van der Waals surface area contributed by atoms with Crippen molar-refractivity contribution in [3.63, 3.8) is 0 Å². The van der Waals surface area contributed by atoms with Crippen LogP contribution in [-0.4, -0.2) is 32.3 Å². The molecule has 37 heavy (non-hydrogen) atoms. The van der Waals surface area contributed by atoms with Crippen LogP contribution in [-0.2, 0) is 16.2 Å². The second kappa shape index (κ2) is 11.9. The SMILES string of the molecule is CC(=O)Nc1ccc(C)c(NC(=O)CSc2nnc(COc3ccc(Cl)c(C)c3)n2-c2ccccc2)c1. The number of amides is 2. The number of hydrogen-bond donors (Lipinski definition) is 2. The first kappa shape index (κ1) is 26.2. The van der Waals surface area contributed by atoms with Gasteiger partial charge in [0.25, 0.3) is 0 Å². The van der Waals surface area contributed by atoms with Crippen molar-refractivity contribution in [3.8, 4) is 11.4 Å². The molecule has 0 aliphatic rings. The number of nitrogens with one attached hydrogen (secondary N) is 2. The van der Waals surface area contributed by atoms with Crippen molar-refractivity contribution in [1.82, 2.24) is 14.8 Å². The predicted octanol–water partition coefficient (Wildman–Crippen LogP) is 5.81. The van der Waals surface area contributed by atoms with Gasteiger partial charge < -0.3 is 15.4 Å². The summed E-state index contributed by atoms with van der Waals surface area (Å²) in [6, 6.07) is 20.5. The molecule has 2 amide bonds. The van der Waals surface area contributed by atoms with Crippen molar-refractivity contribution >= 4 is 46.6 Å². The van der Waals surface area contributed by atoms with Gasteiger partial charge in [0.1, 0.15) is 12.4 Å². The number of thioether (sulfide) groups is 1. The molecule has 0 aliphatic carbocycles. The van der Waals surface area contributed by atoms with E-state index in [0.29, 0.717) is 33.1 Å². The molecule has 0 bridgehead atoms. The lowest BCUT2D eigenvalue weighted by Crippen LogP contribution is -2.16. The summed E-state index contributed by atoms with van der Waals surface area (Å²) < 4.78 is 7.84. The van der Waals surface area contributed by atoms with Gasteiger partial charge in [-0.1, -0.05) is 47.6 Å². The lowest BCUT2D eigenvalue weighted by atomic mass is 10.2. The van der Waals surface area contributed by atoms with Gasteiger partial charge in [-0.15, -0.1) is 10.2 Å². The van der Waals surface area contributed by atoms with Crippen molar-refractivity contribution in [2.24, 2.45) is 0 Å². The first-order valence-electron chi connectivity index (χ1n) is 11.5. The molecule has 0 atom stereocenters. The van der Waals surface area contributed by atoms with Crippen molar-refractivity contribution in [3.05, 3.63) is 88.7 Å². The fourth-order valence-electron chi connectivity index (χ4n) is 3.53. The lowest BCUT2D eigenvalue weighted by Gasteiger charge is -2.12. The number of carbonyl (C=O) groups is 2. The second-order valence-electron chi connectivity index (χ2n) is 8.32. The molecule has 0 aliphatic heterocycles. The number of ether oxygens (including phenoxy) is 1. The Morgan fingerprint density at radius 3 is 2.49 bits per heavy atom. The minimum absolute atomic E-state index is 0.117. The van der Waals surface area contributed by atoms with Gasteiger partial charge in [-0.05, 0) is 67.4 Å². The van der Waals surface area contributed by atoms with Crippen LogP contribution in [0.15, 0.2) is 71.9 Å². The summed E-state index contributed by atoms with van der Waals surface area (Å²) in [5, 5.41) is 15.5. The molecule has 2 N–H and O–H groups in total. The van der Waals surface area contributed by atoms with Gasteiger partial charge in [0, 0.05) is 29.0 Å². The largest absolute Gasteiger partial charge is 0.486 e. The van der Waals surface area contributed by atoms with E-state index in [-0.39, 0.29) is 24.2 Å². The molecule has 4 aromatic rings. The lowest BCUT2D eigenvalue weighted by molar-refractivity contribution is -0.114.